The smallest absolute Gasteiger partial charge is 0.239 e. The van der Waals surface area contributed by atoms with E-state index in [1.54, 1.807) is 24.1 Å². The van der Waals surface area contributed by atoms with Crippen molar-refractivity contribution < 1.29 is 13.2 Å². The van der Waals surface area contributed by atoms with Gasteiger partial charge in [-0.25, -0.2) is 8.42 Å². The number of likely N-dealkylation sites (N-methyl/N-ethyl adjacent to an activating group) is 1. The van der Waals surface area contributed by atoms with E-state index >= 15 is 0 Å². The van der Waals surface area contributed by atoms with Gasteiger partial charge in [0, 0.05) is 19.8 Å². The van der Waals surface area contributed by atoms with E-state index in [4.69, 9.17) is 5.73 Å². The fraction of sp³-hybridized carbons (Fsp3) is 0.462. The number of rotatable bonds is 6. The van der Waals surface area contributed by atoms with Gasteiger partial charge in [0.25, 0.3) is 0 Å². The monoisotopic (exact) mass is 299 g/mol. The second-order valence-corrected chi connectivity index (χ2v) is 6.65. The molecule has 0 fully saturated rings. The summed E-state index contributed by atoms with van der Waals surface area (Å²) < 4.78 is 23.2. The van der Waals surface area contributed by atoms with Gasteiger partial charge in [-0.3, -0.25) is 4.79 Å². The number of nitrogens with zero attached hydrogens (tertiary/aromatic N) is 1. The maximum atomic E-state index is 11.7. The summed E-state index contributed by atoms with van der Waals surface area (Å²) in [7, 11) is -1.69. The van der Waals surface area contributed by atoms with Crippen LogP contribution in [0.5, 0.6) is 0 Å². The summed E-state index contributed by atoms with van der Waals surface area (Å²) >= 11 is 0. The molecule has 1 aromatic rings. The minimum Gasteiger partial charge on any atom is -0.396 e. The van der Waals surface area contributed by atoms with Crippen LogP contribution in [-0.2, 0) is 14.6 Å². The van der Waals surface area contributed by atoms with Crippen LogP contribution in [0.2, 0.25) is 0 Å². The molecule has 0 saturated carbocycles. The molecule has 0 aromatic heterocycles. The third-order valence-electron chi connectivity index (χ3n) is 2.81. The number of carbonyl (C=O) groups excluding carboxylic acids is 1. The van der Waals surface area contributed by atoms with Crippen LogP contribution in [0.4, 0.5) is 11.4 Å². The van der Waals surface area contributed by atoms with Crippen molar-refractivity contribution in [2.24, 2.45) is 0 Å². The van der Waals surface area contributed by atoms with Gasteiger partial charge in [0.15, 0.2) is 9.84 Å². The third kappa shape index (κ3) is 4.12. The molecule has 0 aliphatic rings. The van der Waals surface area contributed by atoms with Crippen LogP contribution >= 0.6 is 0 Å². The van der Waals surface area contributed by atoms with E-state index in [-0.39, 0.29) is 23.0 Å². The van der Waals surface area contributed by atoms with Crippen LogP contribution < -0.4 is 16.0 Å². The Morgan fingerprint density at radius 3 is 2.60 bits per heavy atom. The standard InChI is InChI=1S/C13H21N3O3S/c1-4-8-15-12(17)9-16(2)10-6-5-7-11(13(10)14)20(3,18)19/h5-7H,4,8-9,14H2,1-3H3,(H,15,17). The summed E-state index contributed by atoms with van der Waals surface area (Å²) in [4.78, 5) is 13.4. The fourth-order valence-electron chi connectivity index (χ4n) is 1.81. The maximum absolute atomic E-state index is 11.7. The first-order valence-corrected chi connectivity index (χ1v) is 8.23. The Morgan fingerprint density at radius 1 is 1.40 bits per heavy atom. The highest BCUT2D eigenvalue weighted by atomic mass is 32.2. The zero-order chi connectivity index (χ0) is 15.3. The van der Waals surface area contributed by atoms with Gasteiger partial charge < -0.3 is 16.0 Å². The normalized spacial score (nSPS) is 11.2. The highest BCUT2D eigenvalue weighted by Crippen LogP contribution is 2.28. The second kappa shape index (κ2) is 6.60. The lowest BCUT2D eigenvalue weighted by molar-refractivity contribution is -0.119. The quantitative estimate of drug-likeness (QED) is 0.752. The van der Waals surface area contributed by atoms with Gasteiger partial charge in [0.05, 0.1) is 22.8 Å². The fourth-order valence-corrected chi connectivity index (χ4v) is 2.64. The Bertz CT molecular complexity index is 585. The van der Waals surface area contributed by atoms with E-state index in [0.29, 0.717) is 12.2 Å². The summed E-state index contributed by atoms with van der Waals surface area (Å²) in [5, 5.41) is 2.76. The lowest BCUT2D eigenvalue weighted by atomic mass is 10.2. The third-order valence-corrected chi connectivity index (χ3v) is 3.96. The molecule has 0 saturated heterocycles. The average Bonchev–Trinajstić information content (AvgIpc) is 2.35. The van der Waals surface area contributed by atoms with Crippen molar-refractivity contribution >= 4 is 27.1 Å². The first-order chi connectivity index (χ1) is 9.27. The Balaban J connectivity index is 2.94. The number of benzene rings is 1. The van der Waals surface area contributed by atoms with Gasteiger partial charge in [0.2, 0.25) is 5.91 Å². The van der Waals surface area contributed by atoms with Crippen molar-refractivity contribution in [3.8, 4) is 0 Å². The van der Waals surface area contributed by atoms with E-state index in [0.717, 1.165) is 12.7 Å². The van der Waals surface area contributed by atoms with Crippen LogP contribution in [0.1, 0.15) is 13.3 Å². The van der Waals surface area contributed by atoms with Gasteiger partial charge in [-0.1, -0.05) is 13.0 Å². The Kier molecular flexibility index (Phi) is 5.38. The molecule has 1 aromatic carbocycles. The van der Waals surface area contributed by atoms with Crippen molar-refractivity contribution in [2.45, 2.75) is 18.2 Å². The van der Waals surface area contributed by atoms with E-state index in [1.807, 2.05) is 6.92 Å². The molecular formula is C13H21N3O3S. The summed E-state index contributed by atoms with van der Waals surface area (Å²) in [5.41, 5.74) is 6.59. The zero-order valence-corrected chi connectivity index (χ0v) is 12.8. The summed E-state index contributed by atoms with van der Waals surface area (Å²) in [6.45, 7) is 2.71. The molecular weight excluding hydrogens is 278 g/mol. The molecule has 0 aliphatic carbocycles. The Hall–Kier alpha value is -1.76. The van der Waals surface area contributed by atoms with Crippen molar-refractivity contribution in [3.05, 3.63) is 18.2 Å². The number of hydrogen-bond acceptors (Lipinski definition) is 5. The average molecular weight is 299 g/mol. The zero-order valence-electron chi connectivity index (χ0n) is 12.0. The largest absolute Gasteiger partial charge is 0.396 e. The van der Waals surface area contributed by atoms with E-state index in [1.165, 1.54) is 6.07 Å². The summed E-state index contributed by atoms with van der Waals surface area (Å²) in [5.74, 6) is -0.126. The van der Waals surface area contributed by atoms with Gasteiger partial charge in [-0.2, -0.15) is 0 Å². The summed E-state index contributed by atoms with van der Waals surface area (Å²) in [6, 6.07) is 4.76. The van der Waals surface area contributed by atoms with Crippen molar-refractivity contribution in [3.63, 3.8) is 0 Å². The molecule has 112 valence electrons. The summed E-state index contributed by atoms with van der Waals surface area (Å²) in [6.07, 6.45) is 1.97. The van der Waals surface area contributed by atoms with Crippen LogP contribution in [-0.4, -0.2) is 40.7 Å². The minimum absolute atomic E-state index is 0.0795. The van der Waals surface area contributed by atoms with Crippen LogP contribution in [0.25, 0.3) is 0 Å². The predicted octanol–water partition coefficient (Wildman–Crippen LogP) is 0.635. The number of carbonyl (C=O) groups is 1. The second-order valence-electron chi connectivity index (χ2n) is 4.67. The number of hydrogen-bond donors (Lipinski definition) is 2. The molecule has 0 radical (unpaired) electrons. The first kappa shape index (κ1) is 16.3. The van der Waals surface area contributed by atoms with Crippen molar-refractivity contribution in [2.75, 3.05) is 37.0 Å². The molecule has 0 aliphatic heterocycles. The highest BCUT2D eigenvalue weighted by Gasteiger charge is 2.17. The van der Waals surface area contributed by atoms with Gasteiger partial charge >= 0.3 is 0 Å². The van der Waals surface area contributed by atoms with Crippen molar-refractivity contribution in [1.82, 2.24) is 5.32 Å². The van der Waals surface area contributed by atoms with Crippen LogP contribution in [0.15, 0.2) is 23.1 Å². The molecule has 6 nitrogen and oxygen atoms in total. The van der Waals surface area contributed by atoms with Gasteiger partial charge in [-0.15, -0.1) is 0 Å². The SMILES string of the molecule is CCCNC(=O)CN(C)c1cccc(S(C)(=O)=O)c1N. The van der Waals surface area contributed by atoms with Crippen molar-refractivity contribution in [1.29, 1.82) is 0 Å². The molecule has 3 N–H and O–H groups in total. The number of anilines is 2. The van der Waals surface area contributed by atoms with E-state index < -0.39 is 9.84 Å². The molecule has 1 amide bonds. The highest BCUT2D eigenvalue weighted by molar-refractivity contribution is 7.90. The first-order valence-electron chi connectivity index (χ1n) is 6.33. The molecule has 7 heteroatoms. The van der Waals surface area contributed by atoms with E-state index in [9.17, 15) is 13.2 Å². The molecule has 0 unspecified atom stereocenters. The lowest BCUT2D eigenvalue weighted by Crippen LogP contribution is -2.35. The molecule has 20 heavy (non-hydrogen) atoms. The number of nitrogen functional groups attached to an aromatic ring is 1. The number of nitrogens with two attached hydrogens (primary N) is 1. The Labute approximate surface area is 119 Å². The molecule has 0 heterocycles. The predicted molar refractivity (Wildman–Crippen MR) is 80.5 cm³/mol. The van der Waals surface area contributed by atoms with Crippen LogP contribution in [0, 0.1) is 0 Å². The number of para-hydroxylation sites is 1. The molecule has 1 rings (SSSR count). The molecule has 0 bridgehead atoms. The topological polar surface area (TPSA) is 92.5 Å². The van der Waals surface area contributed by atoms with Gasteiger partial charge in [-0.05, 0) is 18.6 Å². The molecule has 0 spiro atoms. The van der Waals surface area contributed by atoms with Crippen LogP contribution in [0.3, 0.4) is 0 Å². The molecule has 0 atom stereocenters. The lowest BCUT2D eigenvalue weighted by Gasteiger charge is -2.21. The Morgan fingerprint density at radius 2 is 2.05 bits per heavy atom. The minimum atomic E-state index is -3.38. The number of amides is 1. The number of sulfone groups is 1. The maximum Gasteiger partial charge on any atom is 0.239 e. The van der Waals surface area contributed by atoms with Gasteiger partial charge in [0.1, 0.15) is 0 Å². The van der Waals surface area contributed by atoms with E-state index in [2.05, 4.69) is 5.32 Å². The number of nitrogens with one attached hydrogen (secondary N) is 1.